The standard InChI is InChI=1S/C16H19N5O3S/c1-11-7-15-18-10-19-21(15)9-14(11)13-3-5-20(6-4-13)25(22,23)16-8-17-12(2)24-16/h7-10,13H,3-6H2,1-2H3. The molecule has 0 atom stereocenters. The van der Waals surface area contributed by atoms with E-state index < -0.39 is 10.0 Å². The molecule has 9 heteroatoms. The largest absolute Gasteiger partial charge is 0.428 e. The molecule has 0 amide bonds. The van der Waals surface area contributed by atoms with Gasteiger partial charge in [-0.3, -0.25) is 0 Å². The van der Waals surface area contributed by atoms with Crippen molar-refractivity contribution in [2.75, 3.05) is 13.1 Å². The molecule has 132 valence electrons. The van der Waals surface area contributed by atoms with Crippen LogP contribution in [0.25, 0.3) is 5.65 Å². The van der Waals surface area contributed by atoms with Crippen LogP contribution in [0.3, 0.4) is 0 Å². The van der Waals surface area contributed by atoms with Crippen LogP contribution in [-0.2, 0) is 10.0 Å². The van der Waals surface area contributed by atoms with Gasteiger partial charge in [0, 0.05) is 26.2 Å². The van der Waals surface area contributed by atoms with Gasteiger partial charge in [-0.15, -0.1) is 0 Å². The number of fused-ring (bicyclic) bond motifs is 1. The lowest BCUT2D eigenvalue weighted by atomic mass is 9.89. The van der Waals surface area contributed by atoms with Crippen LogP contribution in [0.5, 0.6) is 0 Å². The minimum absolute atomic E-state index is 0.0799. The van der Waals surface area contributed by atoms with Crippen LogP contribution in [0.4, 0.5) is 0 Å². The van der Waals surface area contributed by atoms with E-state index in [4.69, 9.17) is 4.42 Å². The Hall–Kier alpha value is -2.26. The Morgan fingerprint density at radius 1 is 1.20 bits per heavy atom. The van der Waals surface area contributed by atoms with Crippen LogP contribution >= 0.6 is 0 Å². The second-order valence-corrected chi connectivity index (χ2v) is 8.22. The third-order valence-corrected chi connectivity index (χ3v) is 6.49. The average molecular weight is 361 g/mol. The van der Waals surface area contributed by atoms with E-state index in [2.05, 4.69) is 22.0 Å². The van der Waals surface area contributed by atoms with Crippen LogP contribution in [0, 0.1) is 13.8 Å². The molecule has 1 aliphatic rings. The maximum atomic E-state index is 12.6. The molecule has 0 spiro atoms. The molecule has 1 aliphatic heterocycles. The second kappa shape index (κ2) is 5.92. The molecule has 4 rings (SSSR count). The van der Waals surface area contributed by atoms with E-state index in [9.17, 15) is 8.42 Å². The summed E-state index contributed by atoms with van der Waals surface area (Å²) in [5, 5.41) is 4.11. The van der Waals surface area contributed by atoms with E-state index in [-0.39, 0.29) is 5.09 Å². The fraction of sp³-hybridized carbons (Fsp3) is 0.438. The smallest absolute Gasteiger partial charge is 0.278 e. The summed E-state index contributed by atoms with van der Waals surface area (Å²) in [4.78, 5) is 8.08. The van der Waals surface area contributed by atoms with Gasteiger partial charge in [-0.25, -0.2) is 22.9 Å². The number of hydrogen-bond acceptors (Lipinski definition) is 6. The van der Waals surface area contributed by atoms with E-state index in [1.165, 1.54) is 22.4 Å². The van der Waals surface area contributed by atoms with E-state index >= 15 is 0 Å². The second-order valence-electron chi connectivity index (χ2n) is 6.35. The first-order chi connectivity index (χ1) is 11.9. The van der Waals surface area contributed by atoms with Gasteiger partial charge in [0.2, 0.25) is 0 Å². The zero-order valence-electron chi connectivity index (χ0n) is 14.1. The fourth-order valence-electron chi connectivity index (χ4n) is 3.40. The van der Waals surface area contributed by atoms with Crippen molar-refractivity contribution in [3.8, 4) is 0 Å². The number of rotatable bonds is 3. The SMILES string of the molecule is Cc1ncc(S(=O)(=O)N2CCC(c3cn4ncnc4cc3C)CC2)o1. The Morgan fingerprint density at radius 3 is 2.64 bits per heavy atom. The summed E-state index contributed by atoms with van der Waals surface area (Å²) in [7, 11) is -3.61. The third-order valence-electron chi connectivity index (χ3n) is 4.75. The molecule has 0 unspecified atom stereocenters. The van der Waals surface area contributed by atoms with Crippen LogP contribution < -0.4 is 0 Å². The van der Waals surface area contributed by atoms with Gasteiger partial charge in [-0.1, -0.05) is 0 Å². The predicted molar refractivity (Wildman–Crippen MR) is 89.7 cm³/mol. The average Bonchev–Trinajstić information content (AvgIpc) is 3.23. The number of nitrogens with zero attached hydrogens (tertiary/aromatic N) is 5. The lowest BCUT2D eigenvalue weighted by molar-refractivity contribution is 0.307. The van der Waals surface area contributed by atoms with Crippen molar-refractivity contribution in [2.24, 2.45) is 0 Å². The van der Waals surface area contributed by atoms with Crippen molar-refractivity contribution >= 4 is 15.7 Å². The topological polar surface area (TPSA) is 93.6 Å². The third kappa shape index (κ3) is 2.83. The van der Waals surface area contributed by atoms with Crippen molar-refractivity contribution in [1.29, 1.82) is 0 Å². The predicted octanol–water partition coefficient (Wildman–Crippen LogP) is 1.90. The molecule has 0 saturated carbocycles. The fourth-order valence-corrected chi connectivity index (χ4v) is 4.75. The molecule has 3 aromatic rings. The first-order valence-electron chi connectivity index (χ1n) is 8.17. The Balaban J connectivity index is 1.53. The van der Waals surface area contributed by atoms with E-state index in [0.29, 0.717) is 24.9 Å². The summed E-state index contributed by atoms with van der Waals surface area (Å²) in [5.41, 5.74) is 3.18. The maximum Gasteiger partial charge on any atom is 0.278 e. The van der Waals surface area contributed by atoms with Gasteiger partial charge in [0.1, 0.15) is 6.33 Å². The highest BCUT2D eigenvalue weighted by Gasteiger charge is 2.32. The van der Waals surface area contributed by atoms with Crippen LogP contribution in [0.2, 0.25) is 0 Å². The van der Waals surface area contributed by atoms with Gasteiger partial charge >= 0.3 is 0 Å². The van der Waals surface area contributed by atoms with Crippen molar-refractivity contribution in [2.45, 2.75) is 37.7 Å². The Morgan fingerprint density at radius 2 is 1.96 bits per heavy atom. The van der Waals surface area contributed by atoms with E-state index in [0.717, 1.165) is 24.1 Å². The number of piperidine rings is 1. The van der Waals surface area contributed by atoms with Crippen molar-refractivity contribution in [1.82, 2.24) is 23.9 Å². The molecule has 0 radical (unpaired) electrons. The molecule has 25 heavy (non-hydrogen) atoms. The summed E-state index contributed by atoms with van der Waals surface area (Å²) in [6, 6.07) is 2.02. The van der Waals surface area contributed by atoms with Gasteiger partial charge in [-0.2, -0.15) is 9.40 Å². The zero-order chi connectivity index (χ0) is 17.6. The molecular formula is C16H19N5O3S. The lowest BCUT2D eigenvalue weighted by Gasteiger charge is -2.31. The van der Waals surface area contributed by atoms with E-state index in [1.54, 1.807) is 11.4 Å². The normalized spacial score (nSPS) is 17.4. The van der Waals surface area contributed by atoms with Gasteiger partial charge in [0.15, 0.2) is 11.5 Å². The van der Waals surface area contributed by atoms with E-state index in [1.807, 2.05) is 12.3 Å². The lowest BCUT2D eigenvalue weighted by Crippen LogP contribution is -2.37. The van der Waals surface area contributed by atoms with Crippen molar-refractivity contribution in [3.63, 3.8) is 0 Å². The molecule has 1 fully saturated rings. The highest BCUT2D eigenvalue weighted by atomic mass is 32.2. The summed E-state index contributed by atoms with van der Waals surface area (Å²) in [6.45, 7) is 4.61. The molecule has 1 saturated heterocycles. The molecule has 0 bridgehead atoms. The number of sulfonamides is 1. The van der Waals surface area contributed by atoms with Crippen molar-refractivity contribution in [3.05, 3.63) is 41.8 Å². The van der Waals surface area contributed by atoms with Crippen LogP contribution in [0.15, 0.2) is 34.3 Å². The van der Waals surface area contributed by atoms with Crippen molar-refractivity contribution < 1.29 is 12.8 Å². The number of hydrogen-bond donors (Lipinski definition) is 0. The van der Waals surface area contributed by atoms with Crippen LogP contribution in [-0.4, -0.2) is 45.4 Å². The Kier molecular flexibility index (Phi) is 3.84. The minimum Gasteiger partial charge on any atom is -0.428 e. The highest BCUT2D eigenvalue weighted by molar-refractivity contribution is 7.89. The molecule has 0 aromatic carbocycles. The Bertz CT molecular complexity index is 1020. The van der Waals surface area contributed by atoms with Crippen LogP contribution in [0.1, 0.15) is 35.8 Å². The minimum atomic E-state index is -3.61. The molecular weight excluding hydrogens is 342 g/mol. The number of aryl methyl sites for hydroxylation is 2. The maximum absolute atomic E-state index is 12.6. The van der Waals surface area contributed by atoms with Gasteiger partial charge in [0.25, 0.3) is 15.1 Å². The molecule has 4 heterocycles. The number of aromatic nitrogens is 4. The summed E-state index contributed by atoms with van der Waals surface area (Å²) < 4.78 is 33.7. The zero-order valence-corrected chi connectivity index (χ0v) is 14.9. The Labute approximate surface area is 145 Å². The summed E-state index contributed by atoms with van der Waals surface area (Å²) in [5.74, 6) is 0.654. The first kappa shape index (κ1) is 16.2. The quantitative estimate of drug-likeness (QED) is 0.707. The molecule has 3 aromatic heterocycles. The number of pyridine rings is 1. The molecule has 0 aliphatic carbocycles. The molecule has 8 nitrogen and oxygen atoms in total. The van der Waals surface area contributed by atoms with Gasteiger partial charge in [-0.05, 0) is 42.9 Å². The first-order valence-corrected chi connectivity index (χ1v) is 9.61. The van der Waals surface area contributed by atoms with Gasteiger partial charge < -0.3 is 4.42 Å². The highest BCUT2D eigenvalue weighted by Crippen LogP contribution is 2.32. The summed E-state index contributed by atoms with van der Waals surface area (Å²) in [6.07, 6.45) is 6.33. The number of oxazole rings is 1. The monoisotopic (exact) mass is 361 g/mol. The summed E-state index contributed by atoms with van der Waals surface area (Å²) >= 11 is 0. The molecule has 0 N–H and O–H groups in total. The van der Waals surface area contributed by atoms with Gasteiger partial charge in [0.05, 0.1) is 6.20 Å².